The van der Waals surface area contributed by atoms with Crippen molar-refractivity contribution >= 4 is 11.7 Å². The van der Waals surface area contributed by atoms with Crippen molar-refractivity contribution in [3.05, 3.63) is 29.8 Å². The molecule has 0 spiro atoms. The fourth-order valence-electron chi connectivity index (χ4n) is 3.60. The van der Waals surface area contributed by atoms with Crippen molar-refractivity contribution in [2.45, 2.75) is 54.5 Å². The van der Waals surface area contributed by atoms with Crippen LogP contribution in [0.15, 0.2) is 24.3 Å². The van der Waals surface area contributed by atoms with E-state index in [1.54, 1.807) is 0 Å². The summed E-state index contributed by atoms with van der Waals surface area (Å²) in [6.07, 6.45) is -13.3. The zero-order valence-corrected chi connectivity index (χ0v) is 17.2. The summed E-state index contributed by atoms with van der Waals surface area (Å²) in [6, 6.07) is 5.23. The van der Waals surface area contributed by atoms with Gasteiger partial charge in [-0.15, -0.1) is 0 Å². The van der Waals surface area contributed by atoms with E-state index in [0.717, 1.165) is 0 Å². The molecule has 14 nitrogen and oxygen atoms in total. The average molecular weight is 477 g/mol. The zero-order valence-electron chi connectivity index (χ0n) is 17.2. The lowest BCUT2D eigenvalue weighted by molar-refractivity contribution is -0.496. The van der Waals surface area contributed by atoms with Crippen LogP contribution in [0, 0.1) is 0 Å². The van der Waals surface area contributed by atoms with Gasteiger partial charge in [-0.25, -0.2) is 4.79 Å². The smallest absolute Gasteiger partial charge is 0.362 e. The molecule has 1 aromatic carbocycles. The number of rotatable bonds is 7. The van der Waals surface area contributed by atoms with Gasteiger partial charge in [0.05, 0.1) is 18.8 Å². The second-order valence-electron chi connectivity index (χ2n) is 7.73. The molecule has 2 aliphatic heterocycles. The predicted octanol–water partition coefficient (Wildman–Crippen LogP) is -4.63. The Kier molecular flexibility index (Phi) is 7.57. The van der Waals surface area contributed by atoms with E-state index in [-0.39, 0.29) is 5.56 Å². The third-order valence-electron chi connectivity index (χ3n) is 5.51. The van der Waals surface area contributed by atoms with Crippen molar-refractivity contribution in [2.75, 3.05) is 25.6 Å². The molecule has 2 aliphatic rings. The highest BCUT2D eigenvalue weighted by molar-refractivity contribution is 5.90. The van der Waals surface area contributed by atoms with Crippen LogP contribution < -0.4 is 5.73 Å². The van der Waals surface area contributed by atoms with E-state index in [9.17, 15) is 45.6 Å². The van der Waals surface area contributed by atoms with E-state index in [4.69, 9.17) is 24.7 Å². The number of aliphatic hydroxyl groups is 8. The number of ether oxygens (including phenoxy) is 4. The number of esters is 1. The zero-order chi connectivity index (χ0) is 24.6. The summed E-state index contributed by atoms with van der Waals surface area (Å²) in [5, 5.41) is 80.4. The summed E-state index contributed by atoms with van der Waals surface area (Å²) in [7, 11) is 0. The Labute approximate surface area is 186 Å². The van der Waals surface area contributed by atoms with Gasteiger partial charge in [0.15, 0.2) is 6.10 Å². The maximum Gasteiger partial charge on any atom is 0.362 e. The molecule has 0 radical (unpaired) electrons. The predicted molar refractivity (Wildman–Crippen MR) is 104 cm³/mol. The standard InChI is InChI=1S/C19H27NO13/c20-9-3-1-8(2-4-9)17(29)32-19(16(28)14(26)12(24)10(5-21)31-19)33-18(7-23)15(27)13(25)11(6-22)30-18/h1-4,10-16,21-28H,5-7,20H2/t10-,11-,12-,13-,14+,15+,16-,18?,19+/m1/s1. The topological polar surface area (TPSA) is 242 Å². The number of aliphatic hydroxyl groups excluding tert-OH is 8. The van der Waals surface area contributed by atoms with Gasteiger partial charge < -0.3 is 60.8 Å². The van der Waals surface area contributed by atoms with Gasteiger partial charge >= 0.3 is 11.9 Å². The molecule has 2 saturated heterocycles. The minimum Gasteiger partial charge on any atom is -0.402 e. The number of anilines is 1. The quantitative estimate of drug-likeness (QED) is 0.102. The van der Waals surface area contributed by atoms with Gasteiger partial charge in [-0.1, -0.05) is 0 Å². The Morgan fingerprint density at radius 3 is 1.97 bits per heavy atom. The van der Waals surface area contributed by atoms with Crippen molar-refractivity contribution in [3.8, 4) is 0 Å². The lowest BCUT2D eigenvalue weighted by atomic mass is 9.97. The fraction of sp³-hybridized carbons (Fsp3) is 0.632. The van der Waals surface area contributed by atoms with Crippen LogP contribution in [-0.4, -0.2) is 121 Å². The summed E-state index contributed by atoms with van der Waals surface area (Å²) >= 11 is 0. The molecular formula is C19H27NO13. The summed E-state index contributed by atoms with van der Waals surface area (Å²) in [4.78, 5) is 12.8. The lowest BCUT2D eigenvalue weighted by Crippen LogP contribution is -2.70. The van der Waals surface area contributed by atoms with Gasteiger partial charge in [-0.2, -0.15) is 0 Å². The Morgan fingerprint density at radius 2 is 1.45 bits per heavy atom. The molecule has 0 aromatic heterocycles. The molecule has 14 heteroatoms. The van der Waals surface area contributed by atoms with E-state index in [1.807, 2.05) is 0 Å². The molecule has 3 rings (SSSR count). The summed E-state index contributed by atoms with van der Waals surface area (Å²) < 4.78 is 21.2. The minimum atomic E-state index is -3.07. The van der Waals surface area contributed by atoms with Crippen molar-refractivity contribution in [1.82, 2.24) is 0 Å². The van der Waals surface area contributed by atoms with Crippen LogP contribution in [0.3, 0.4) is 0 Å². The number of hydrogen-bond acceptors (Lipinski definition) is 14. The van der Waals surface area contributed by atoms with Gasteiger partial charge in [-0.05, 0) is 24.3 Å². The number of carbonyl (C=O) groups excluding carboxylic acids is 1. The second-order valence-corrected chi connectivity index (χ2v) is 7.73. The van der Waals surface area contributed by atoms with Crippen LogP contribution >= 0.6 is 0 Å². The minimum absolute atomic E-state index is 0.122. The molecule has 1 unspecified atom stereocenters. The van der Waals surface area contributed by atoms with Gasteiger partial charge in [0.25, 0.3) is 0 Å². The molecule has 1 aromatic rings. The normalized spacial score (nSPS) is 41.2. The van der Waals surface area contributed by atoms with E-state index in [0.29, 0.717) is 5.69 Å². The van der Waals surface area contributed by atoms with E-state index >= 15 is 0 Å². The Hall–Kier alpha value is -1.95. The van der Waals surface area contributed by atoms with Crippen molar-refractivity contribution < 1.29 is 64.6 Å². The van der Waals surface area contributed by atoms with Crippen molar-refractivity contribution in [1.29, 1.82) is 0 Å². The van der Waals surface area contributed by atoms with Gasteiger partial charge in [-0.3, -0.25) is 4.74 Å². The highest BCUT2D eigenvalue weighted by Gasteiger charge is 2.65. The van der Waals surface area contributed by atoms with Gasteiger partial charge in [0.2, 0.25) is 5.79 Å². The first-order valence-corrected chi connectivity index (χ1v) is 9.91. The largest absolute Gasteiger partial charge is 0.402 e. The second kappa shape index (κ2) is 9.73. The maximum atomic E-state index is 12.8. The van der Waals surface area contributed by atoms with Gasteiger partial charge in [0.1, 0.15) is 43.2 Å². The molecule has 0 amide bonds. The number of nitrogen functional groups attached to an aromatic ring is 1. The first-order valence-electron chi connectivity index (χ1n) is 9.91. The SMILES string of the molecule is Nc1ccc(C(=O)O[C@@]2(OC3(CO)O[C@H](CO)[C@@H](O)[C@@H]3O)O[C@H](CO)[C@@H](O)[C@H](O)[C@H]2O)cc1. The molecule has 0 saturated carbocycles. The third kappa shape index (κ3) is 4.55. The molecule has 33 heavy (non-hydrogen) atoms. The highest BCUT2D eigenvalue weighted by Crippen LogP contribution is 2.41. The molecular weight excluding hydrogens is 450 g/mol. The number of carbonyl (C=O) groups is 1. The van der Waals surface area contributed by atoms with Gasteiger partial charge in [0, 0.05) is 5.69 Å². The van der Waals surface area contributed by atoms with E-state index in [1.165, 1.54) is 24.3 Å². The number of benzene rings is 1. The van der Waals surface area contributed by atoms with Crippen LogP contribution in [0.5, 0.6) is 0 Å². The van der Waals surface area contributed by atoms with Crippen molar-refractivity contribution in [2.24, 2.45) is 0 Å². The summed E-state index contributed by atoms with van der Waals surface area (Å²) in [5.41, 5.74) is 5.78. The molecule has 2 heterocycles. The lowest BCUT2D eigenvalue weighted by Gasteiger charge is -2.49. The number of nitrogens with two attached hydrogens (primary N) is 1. The highest BCUT2D eigenvalue weighted by atomic mass is 16.9. The summed E-state index contributed by atoms with van der Waals surface area (Å²) in [6.45, 7) is -2.96. The average Bonchev–Trinajstić information content (AvgIpc) is 3.05. The maximum absolute atomic E-state index is 12.8. The Balaban J connectivity index is 2.03. The van der Waals surface area contributed by atoms with Crippen LogP contribution in [0.2, 0.25) is 0 Å². The molecule has 0 aliphatic carbocycles. The van der Waals surface area contributed by atoms with E-state index < -0.39 is 80.3 Å². The monoisotopic (exact) mass is 477 g/mol. The molecule has 0 bridgehead atoms. The molecule has 9 atom stereocenters. The molecule has 2 fully saturated rings. The summed E-state index contributed by atoms with van der Waals surface area (Å²) in [5.74, 6) is -6.90. The van der Waals surface area contributed by atoms with Crippen LogP contribution in [0.4, 0.5) is 5.69 Å². The van der Waals surface area contributed by atoms with Crippen LogP contribution in [0.25, 0.3) is 0 Å². The molecule has 186 valence electrons. The Bertz CT molecular complexity index is 822. The number of hydrogen-bond donors (Lipinski definition) is 9. The van der Waals surface area contributed by atoms with E-state index in [2.05, 4.69) is 0 Å². The Morgan fingerprint density at radius 1 is 0.879 bits per heavy atom. The molecule has 10 N–H and O–H groups in total. The third-order valence-corrected chi connectivity index (χ3v) is 5.51. The van der Waals surface area contributed by atoms with Crippen LogP contribution in [0.1, 0.15) is 10.4 Å². The fourth-order valence-corrected chi connectivity index (χ4v) is 3.60. The van der Waals surface area contributed by atoms with Crippen LogP contribution in [-0.2, 0) is 18.9 Å². The first-order chi connectivity index (χ1) is 15.5. The van der Waals surface area contributed by atoms with Crippen molar-refractivity contribution in [3.63, 3.8) is 0 Å². The first kappa shape index (κ1) is 25.7.